The van der Waals surface area contributed by atoms with E-state index in [9.17, 15) is 8.78 Å². The zero-order valence-electron chi connectivity index (χ0n) is 11.5. The van der Waals surface area contributed by atoms with Gasteiger partial charge in [0.2, 0.25) is 0 Å². The number of rotatable bonds is 3. The molecule has 0 unspecified atom stereocenters. The standard InChI is InChI=1S/C17H16BrF2N/c18-14-5-6-15(19)13(16(14)20)9-17(10-21)7-11-3-1-2-4-12(11)8-17/h1-6H,7-10,21H2. The Kier molecular flexibility index (Phi) is 3.84. The first-order valence-corrected chi connectivity index (χ1v) is 7.73. The van der Waals surface area contributed by atoms with Gasteiger partial charge in [0.15, 0.2) is 0 Å². The van der Waals surface area contributed by atoms with E-state index in [2.05, 4.69) is 28.1 Å². The average molecular weight is 352 g/mol. The Morgan fingerprint density at radius 2 is 1.67 bits per heavy atom. The van der Waals surface area contributed by atoms with Crippen LogP contribution in [0.2, 0.25) is 0 Å². The molecule has 0 spiro atoms. The molecule has 0 atom stereocenters. The summed E-state index contributed by atoms with van der Waals surface area (Å²) in [5.41, 5.74) is 8.28. The molecule has 110 valence electrons. The quantitative estimate of drug-likeness (QED) is 0.830. The molecule has 0 amide bonds. The summed E-state index contributed by atoms with van der Waals surface area (Å²) < 4.78 is 28.5. The van der Waals surface area contributed by atoms with Crippen molar-refractivity contribution in [2.24, 2.45) is 11.1 Å². The highest BCUT2D eigenvalue weighted by Crippen LogP contribution is 2.40. The van der Waals surface area contributed by atoms with Crippen LogP contribution in [0.3, 0.4) is 0 Å². The molecule has 2 aromatic rings. The van der Waals surface area contributed by atoms with E-state index in [1.54, 1.807) is 0 Å². The molecule has 21 heavy (non-hydrogen) atoms. The van der Waals surface area contributed by atoms with Crippen LogP contribution in [0.1, 0.15) is 16.7 Å². The Labute approximate surface area is 131 Å². The highest BCUT2D eigenvalue weighted by atomic mass is 79.9. The number of nitrogens with two attached hydrogens (primary N) is 1. The zero-order valence-corrected chi connectivity index (χ0v) is 13.1. The predicted molar refractivity (Wildman–Crippen MR) is 83.1 cm³/mol. The maximum absolute atomic E-state index is 14.2. The van der Waals surface area contributed by atoms with Crippen molar-refractivity contribution in [3.63, 3.8) is 0 Å². The van der Waals surface area contributed by atoms with Gasteiger partial charge in [-0.1, -0.05) is 24.3 Å². The van der Waals surface area contributed by atoms with Gasteiger partial charge in [0.05, 0.1) is 4.47 Å². The average Bonchev–Trinajstić information content (AvgIpc) is 2.86. The van der Waals surface area contributed by atoms with Crippen molar-refractivity contribution in [2.75, 3.05) is 6.54 Å². The molecule has 4 heteroatoms. The highest BCUT2D eigenvalue weighted by Gasteiger charge is 2.37. The molecule has 2 N–H and O–H groups in total. The number of hydrogen-bond acceptors (Lipinski definition) is 1. The summed E-state index contributed by atoms with van der Waals surface area (Å²) in [6.07, 6.45) is 1.85. The highest BCUT2D eigenvalue weighted by molar-refractivity contribution is 9.10. The summed E-state index contributed by atoms with van der Waals surface area (Å²) in [6.45, 7) is 0.410. The summed E-state index contributed by atoms with van der Waals surface area (Å²) in [5, 5.41) is 0. The minimum atomic E-state index is -0.515. The second kappa shape index (κ2) is 5.50. The Hall–Kier alpha value is -1.26. The lowest BCUT2D eigenvalue weighted by Gasteiger charge is -2.28. The molecule has 1 nitrogen and oxygen atoms in total. The van der Waals surface area contributed by atoms with E-state index in [1.165, 1.54) is 23.3 Å². The van der Waals surface area contributed by atoms with Crippen LogP contribution < -0.4 is 5.73 Å². The molecule has 1 aliphatic rings. The molecule has 0 saturated carbocycles. The maximum Gasteiger partial charge on any atom is 0.143 e. The first-order chi connectivity index (χ1) is 10.0. The normalized spacial score (nSPS) is 16.0. The molecule has 0 heterocycles. The Balaban J connectivity index is 1.96. The van der Waals surface area contributed by atoms with Crippen LogP contribution in [0.25, 0.3) is 0 Å². The molecule has 1 aliphatic carbocycles. The first kappa shape index (κ1) is 14.7. The molecule has 3 rings (SSSR count). The van der Waals surface area contributed by atoms with E-state index in [0.717, 1.165) is 12.8 Å². The fourth-order valence-corrected chi connectivity index (χ4v) is 3.59. The third-order valence-corrected chi connectivity index (χ3v) is 4.99. The van der Waals surface area contributed by atoms with Crippen LogP contribution in [0.5, 0.6) is 0 Å². The van der Waals surface area contributed by atoms with Gasteiger partial charge in [0, 0.05) is 5.56 Å². The van der Waals surface area contributed by atoms with Gasteiger partial charge in [-0.05, 0) is 70.4 Å². The van der Waals surface area contributed by atoms with Crippen LogP contribution >= 0.6 is 15.9 Å². The third-order valence-electron chi connectivity index (χ3n) is 4.37. The van der Waals surface area contributed by atoms with Crippen molar-refractivity contribution in [1.82, 2.24) is 0 Å². The molecule has 0 aliphatic heterocycles. The minimum Gasteiger partial charge on any atom is -0.330 e. The van der Waals surface area contributed by atoms with Crippen LogP contribution in [0.4, 0.5) is 8.78 Å². The number of benzene rings is 2. The van der Waals surface area contributed by atoms with Crippen LogP contribution in [0.15, 0.2) is 40.9 Å². The maximum atomic E-state index is 14.2. The van der Waals surface area contributed by atoms with Gasteiger partial charge < -0.3 is 5.73 Å². The van der Waals surface area contributed by atoms with Crippen LogP contribution in [0, 0.1) is 17.0 Å². The topological polar surface area (TPSA) is 26.0 Å². The molecular formula is C17H16BrF2N. The van der Waals surface area contributed by atoms with Crippen LogP contribution in [-0.2, 0) is 19.3 Å². The molecule has 0 saturated heterocycles. The van der Waals surface area contributed by atoms with E-state index in [4.69, 9.17) is 5.73 Å². The van der Waals surface area contributed by atoms with Crippen molar-refractivity contribution >= 4 is 15.9 Å². The monoisotopic (exact) mass is 351 g/mol. The fourth-order valence-electron chi connectivity index (χ4n) is 3.22. The predicted octanol–water partition coefficient (Wildman–Crippen LogP) is 4.01. The lowest BCUT2D eigenvalue weighted by atomic mass is 9.78. The van der Waals surface area contributed by atoms with Gasteiger partial charge in [-0.2, -0.15) is 0 Å². The lowest BCUT2D eigenvalue weighted by molar-refractivity contribution is 0.305. The molecule has 0 bridgehead atoms. The number of hydrogen-bond donors (Lipinski definition) is 1. The van der Waals surface area contributed by atoms with E-state index < -0.39 is 11.6 Å². The van der Waals surface area contributed by atoms with E-state index in [1.807, 2.05) is 12.1 Å². The van der Waals surface area contributed by atoms with Gasteiger partial charge in [0.25, 0.3) is 0 Å². The number of fused-ring (bicyclic) bond motifs is 1. The van der Waals surface area contributed by atoms with Gasteiger partial charge in [-0.25, -0.2) is 8.78 Å². The van der Waals surface area contributed by atoms with Crippen molar-refractivity contribution in [3.8, 4) is 0 Å². The Bertz CT molecular complexity index is 659. The summed E-state index contributed by atoms with van der Waals surface area (Å²) in [5.74, 6) is -1.02. The van der Waals surface area contributed by atoms with Gasteiger partial charge in [-0.3, -0.25) is 0 Å². The molecular weight excluding hydrogens is 336 g/mol. The first-order valence-electron chi connectivity index (χ1n) is 6.94. The smallest absolute Gasteiger partial charge is 0.143 e. The summed E-state index contributed by atoms with van der Waals surface area (Å²) in [7, 11) is 0. The van der Waals surface area contributed by atoms with Gasteiger partial charge >= 0.3 is 0 Å². The molecule has 0 aromatic heterocycles. The van der Waals surface area contributed by atoms with Crippen molar-refractivity contribution in [2.45, 2.75) is 19.3 Å². The zero-order chi connectivity index (χ0) is 15.0. The van der Waals surface area contributed by atoms with Crippen molar-refractivity contribution < 1.29 is 8.78 Å². The van der Waals surface area contributed by atoms with Crippen molar-refractivity contribution in [1.29, 1.82) is 0 Å². The largest absolute Gasteiger partial charge is 0.330 e. The summed E-state index contributed by atoms with van der Waals surface area (Å²) in [6, 6.07) is 10.8. The lowest BCUT2D eigenvalue weighted by Crippen LogP contribution is -2.34. The molecule has 0 radical (unpaired) electrons. The Morgan fingerprint density at radius 1 is 1.05 bits per heavy atom. The third kappa shape index (κ3) is 2.62. The summed E-state index contributed by atoms with van der Waals surface area (Å²) >= 11 is 3.12. The number of halogens is 3. The van der Waals surface area contributed by atoms with E-state index in [0.29, 0.717) is 17.4 Å². The van der Waals surface area contributed by atoms with Gasteiger partial charge in [-0.15, -0.1) is 0 Å². The molecule has 0 fully saturated rings. The summed E-state index contributed by atoms with van der Waals surface area (Å²) in [4.78, 5) is 0. The van der Waals surface area contributed by atoms with E-state index >= 15 is 0 Å². The van der Waals surface area contributed by atoms with Crippen LogP contribution in [-0.4, -0.2) is 6.54 Å². The Morgan fingerprint density at radius 3 is 2.24 bits per heavy atom. The second-order valence-electron chi connectivity index (χ2n) is 5.82. The fraction of sp³-hybridized carbons (Fsp3) is 0.294. The SMILES string of the molecule is NCC1(Cc2c(F)ccc(Br)c2F)Cc2ccccc2C1. The molecule has 2 aromatic carbocycles. The van der Waals surface area contributed by atoms with E-state index in [-0.39, 0.29) is 11.0 Å². The minimum absolute atomic E-state index is 0.127. The van der Waals surface area contributed by atoms with Crippen molar-refractivity contribution in [3.05, 3.63) is 69.2 Å². The van der Waals surface area contributed by atoms with Gasteiger partial charge in [0.1, 0.15) is 11.6 Å². The second-order valence-corrected chi connectivity index (χ2v) is 6.68.